The molecular formula is C5H6S2. The molecule has 38 valence electrons. The second-order valence-electron chi connectivity index (χ2n) is 1.15. The van der Waals surface area contributed by atoms with E-state index in [9.17, 15) is 0 Å². The van der Waals surface area contributed by atoms with Crippen LogP contribution in [0.1, 0.15) is 0 Å². The molecule has 1 aliphatic rings. The Labute approximate surface area is 52.1 Å². The van der Waals surface area contributed by atoms with Gasteiger partial charge < -0.3 is 0 Å². The Morgan fingerprint density at radius 3 is 3.00 bits per heavy atom. The van der Waals surface area contributed by atoms with Crippen LogP contribution >= 0.6 is 23.5 Å². The Morgan fingerprint density at radius 2 is 2.71 bits per heavy atom. The van der Waals surface area contributed by atoms with Crippen molar-refractivity contribution < 1.29 is 0 Å². The van der Waals surface area contributed by atoms with E-state index in [1.54, 1.807) is 0 Å². The molecule has 0 N–H and O–H groups in total. The van der Waals surface area contributed by atoms with E-state index in [1.165, 1.54) is 9.99 Å². The van der Waals surface area contributed by atoms with Gasteiger partial charge in [0.05, 0.1) is 0 Å². The third-order valence-electron chi connectivity index (χ3n) is 0.694. The molecule has 0 aromatic carbocycles. The fourth-order valence-electron chi connectivity index (χ4n) is 0.359. The van der Waals surface area contributed by atoms with Crippen LogP contribution in [0.25, 0.3) is 0 Å². The highest BCUT2D eigenvalue weighted by atomic mass is 32.2. The van der Waals surface area contributed by atoms with Crippen molar-refractivity contribution >= 4 is 23.5 Å². The van der Waals surface area contributed by atoms with Crippen molar-refractivity contribution in [2.24, 2.45) is 0 Å². The first-order chi connectivity index (χ1) is 3.43. The lowest BCUT2D eigenvalue weighted by atomic mass is 10.6. The minimum Gasteiger partial charge on any atom is -0.122 e. The van der Waals surface area contributed by atoms with E-state index < -0.39 is 0 Å². The Kier molecular flexibility index (Phi) is 1.88. The highest BCUT2D eigenvalue weighted by Crippen LogP contribution is 2.31. The van der Waals surface area contributed by atoms with E-state index >= 15 is 0 Å². The van der Waals surface area contributed by atoms with Crippen molar-refractivity contribution in [2.75, 3.05) is 5.08 Å². The molecule has 0 unspecified atom stereocenters. The van der Waals surface area contributed by atoms with Crippen LogP contribution in [0.4, 0.5) is 0 Å². The maximum atomic E-state index is 3.64. The minimum absolute atomic E-state index is 1.17. The zero-order valence-electron chi connectivity index (χ0n) is 3.89. The molecule has 0 fully saturated rings. The molecule has 0 nitrogen and oxygen atoms in total. The van der Waals surface area contributed by atoms with Crippen molar-refractivity contribution in [1.29, 1.82) is 0 Å². The van der Waals surface area contributed by atoms with Gasteiger partial charge in [0.25, 0.3) is 0 Å². The van der Waals surface area contributed by atoms with E-state index in [0.717, 1.165) is 0 Å². The molecule has 0 bridgehead atoms. The summed E-state index contributed by atoms with van der Waals surface area (Å²) in [5.74, 6) is 0. The van der Waals surface area contributed by atoms with Gasteiger partial charge in [-0.05, 0) is 5.41 Å². The van der Waals surface area contributed by atoms with Crippen molar-refractivity contribution in [3.8, 4) is 0 Å². The molecule has 1 aliphatic heterocycles. The molecule has 0 radical (unpaired) electrons. The smallest absolute Gasteiger partial charge is 0.0481 e. The van der Waals surface area contributed by atoms with Gasteiger partial charge in [-0.2, -0.15) is 0 Å². The van der Waals surface area contributed by atoms with E-state index in [-0.39, 0.29) is 0 Å². The van der Waals surface area contributed by atoms with Gasteiger partial charge in [0, 0.05) is 9.99 Å². The second-order valence-corrected chi connectivity index (χ2v) is 3.43. The average molecular weight is 130 g/mol. The molecule has 0 aliphatic carbocycles. The first kappa shape index (κ1) is 5.32. The fourth-order valence-corrected chi connectivity index (χ4v) is 2.30. The first-order valence-corrected chi connectivity index (χ1v) is 4.04. The molecular weight excluding hydrogens is 124 g/mol. The average Bonchev–Trinajstić information content (AvgIpc) is 2.14. The molecule has 1 rings (SSSR count). The molecule has 0 saturated carbocycles. The van der Waals surface area contributed by atoms with E-state index in [2.05, 4.69) is 12.0 Å². The maximum Gasteiger partial charge on any atom is 0.0481 e. The van der Waals surface area contributed by atoms with Gasteiger partial charge in [-0.1, -0.05) is 12.7 Å². The Hall–Kier alpha value is 0.180. The number of rotatable bonds is 1. The predicted octanol–water partition coefficient (Wildman–Crippen LogP) is 2.45. The van der Waals surface area contributed by atoms with Crippen LogP contribution in [0.15, 0.2) is 23.0 Å². The predicted molar refractivity (Wildman–Crippen MR) is 38.3 cm³/mol. The summed E-state index contributed by atoms with van der Waals surface area (Å²) in [6, 6.07) is 0. The van der Waals surface area contributed by atoms with Crippen LogP contribution in [0.2, 0.25) is 0 Å². The Morgan fingerprint density at radius 1 is 1.86 bits per heavy atom. The molecule has 0 saturated heterocycles. The Bertz CT molecular complexity index is 105. The monoisotopic (exact) mass is 130 g/mol. The standard InChI is InChI=1S/C5H6S2/c1-2-5-3-6-4-7-5/h2-3H,1,4H2. The normalized spacial score (nSPS) is 19.1. The zero-order chi connectivity index (χ0) is 5.11. The summed E-state index contributed by atoms with van der Waals surface area (Å²) in [6.07, 6.45) is 1.89. The van der Waals surface area contributed by atoms with Gasteiger partial charge in [0.1, 0.15) is 0 Å². The molecule has 0 spiro atoms. The van der Waals surface area contributed by atoms with Gasteiger partial charge in [-0.25, -0.2) is 0 Å². The summed E-state index contributed by atoms with van der Waals surface area (Å²) in [7, 11) is 0. The third-order valence-corrected chi connectivity index (χ3v) is 2.90. The largest absolute Gasteiger partial charge is 0.122 e. The fraction of sp³-hybridized carbons (Fsp3) is 0.200. The van der Waals surface area contributed by atoms with E-state index in [1.807, 2.05) is 29.6 Å². The Balaban J connectivity index is 2.51. The van der Waals surface area contributed by atoms with Crippen molar-refractivity contribution in [3.05, 3.63) is 23.0 Å². The van der Waals surface area contributed by atoms with Gasteiger partial charge in [-0.3, -0.25) is 0 Å². The lowest BCUT2D eigenvalue weighted by Gasteiger charge is -1.81. The lowest BCUT2D eigenvalue weighted by Crippen LogP contribution is -1.55. The summed E-state index contributed by atoms with van der Waals surface area (Å²) in [6.45, 7) is 3.64. The molecule has 1 heterocycles. The van der Waals surface area contributed by atoms with Crippen molar-refractivity contribution in [1.82, 2.24) is 0 Å². The van der Waals surface area contributed by atoms with Crippen molar-refractivity contribution in [2.45, 2.75) is 0 Å². The number of thioether (sulfide) groups is 2. The van der Waals surface area contributed by atoms with E-state index in [4.69, 9.17) is 0 Å². The zero-order valence-corrected chi connectivity index (χ0v) is 5.52. The lowest BCUT2D eigenvalue weighted by molar-refractivity contribution is 2.04. The van der Waals surface area contributed by atoms with Crippen molar-refractivity contribution in [3.63, 3.8) is 0 Å². The summed E-state index contributed by atoms with van der Waals surface area (Å²) in [5.41, 5.74) is 0. The summed E-state index contributed by atoms with van der Waals surface area (Å²) in [5, 5.41) is 3.30. The molecule has 7 heavy (non-hydrogen) atoms. The van der Waals surface area contributed by atoms with Gasteiger partial charge in [0.15, 0.2) is 0 Å². The molecule has 0 atom stereocenters. The maximum absolute atomic E-state index is 3.64. The van der Waals surface area contributed by atoms with Gasteiger partial charge in [-0.15, -0.1) is 23.5 Å². The summed E-state index contributed by atoms with van der Waals surface area (Å²) < 4.78 is 0. The highest BCUT2D eigenvalue weighted by molar-refractivity contribution is 8.22. The SMILES string of the molecule is C=CC1=CSCS1. The van der Waals surface area contributed by atoms with E-state index in [0.29, 0.717) is 0 Å². The van der Waals surface area contributed by atoms with Crippen LogP contribution in [-0.2, 0) is 0 Å². The first-order valence-electron chi connectivity index (χ1n) is 2.00. The number of hydrogen-bond donors (Lipinski definition) is 0. The number of hydrogen-bond acceptors (Lipinski definition) is 2. The number of allylic oxidation sites excluding steroid dienone is 1. The topological polar surface area (TPSA) is 0 Å². The van der Waals surface area contributed by atoms with Crippen LogP contribution in [0.5, 0.6) is 0 Å². The summed E-state index contributed by atoms with van der Waals surface area (Å²) in [4.78, 5) is 1.31. The second kappa shape index (κ2) is 2.48. The summed E-state index contributed by atoms with van der Waals surface area (Å²) >= 11 is 3.68. The van der Waals surface area contributed by atoms with Gasteiger partial charge >= 0.3 is 0 Å². The van der Waals surface area contributed by atoms with Crippen LogP contribution in [0.3, 0.4) is 0 Å². The van der Waals surface area contributed by atoms with Crippen LogP contribution in [0, 0.1) is 0 Å². The highest BCUT2D eigenvalue weighted by Gasteiger charge is 1.98. The molecule has 0 aromatic heterocycles. The minimum atomic E-state index is 1.17. The molecule has 0 amide bonds. The van der Waals surface area contributed by atoms with Crippen LogP contribution in [-0.4, -0.2) is 5.08 Å². The van der Waals surface area contributed by atoms with Crippen LogP contribution < -0.4 is 0 Å². The molecule has 2 heteroatoms. The molecule has 0 aromatic rings. The quantitative estimate of drug-likeness (QED) is 0.534. The van der Waals surface area contributed by atoms with Gasteiger partial charge in [0.2, 0.25) is 0 Å². The third kappa shape index (κ3) is 1.28.